The van der Waals surface area contributed by atoms with Crippen LogP contribution >= 0.6 is 0 Å². The highest BCUT2D eigenvalue weighted by Gasteiger charge is 2.43. The second-order valence-corrected chi connectivity index (χ2v) is 10.3. The first kappa shape index (κ1) is 15.4. The van der Waals surface area contributed by atoms with Crippen LogP contribution in [0.2, 0.25) is 19.1 Å². The van der Waals surface area contributed by atoms with Crippen molar-refractivity contribution in [1.29, 1.82) is 0 Å². The molecule has 0 atom stereocenters. The van der Waals surface area contributed by atoms with Gasteiger partial charge in [0.05, 0.1) is 0 Å². The number of para-hydroxylation sites is 1. The van der Waals surface area contributed by atoms with Gasteiger partial charge in [-0.1, -0.05) is 31.5 Å². The molecular formula is C11H20O5Si2. The highest BCUT2D eigenvalue weighted by molar-refractivity contribution is 6.71. The van der Waals surface area contributed by atoms with E-state index in [0.29, 0.717) is 5.75 Å². The van der Waals surface area contributed by atoms with Crippen LogP contribution in [-0.2, 0) is 9.15 Å². The van der Waals surface area contributed by atoms with Gasteiger partial charge in [-0.2, -0.15) is 4.58 Å². The normalized spacial score (nSPS) is 12.5. The van der Waals surface area contributed by atoms with E-state index in [4.69, 9.17) is 13.6 Å². The lowest BCUT2D eigenvalue weighted by Crippen LogP contribution is -2.49. The largest absolute Gasteiger partial charge is 0.771 e. The van der Waals surface area contributed by atoms with Crippen LogP contribution in [-0.4, -0.2) is 27.0 Å². The van der Waals surface area contributed by atoms with Crippen molar-refractivity contribution < 1.29 is 23.2 Å². The maximum absolute atomic E-state index is 9.65. The molecule has 0 bridgehead atoms. The zero-order valence-corrected chi connectivity index (χ0v) is 12.9. The van der Waals surface area contributed by atoms with Crippen molar-refractivity contribution in [1.82, 2.24) is 0 Å². The van der Waals surface area contributed by atoms with Crippen LogP contribution in [0.3, 0.4) is 0 Å². The second-order valence-electron chi connectivity index (χ2n) is 4.64. The van der Waals surface area contributed by atoms with Gasteiger partial charge in [0, 0.05) is 0 Å². The fourth-order valence-electron chi connectivity index (χ4n) is 1.47. The van der Waals surface area contributed by atoms with Gasteiger partial charge < -0.3 is 14.0 Å². The van der Waals surface area contributed by atoms with E-state index in [1.54, 1.807) is 30.3 Å². The van der Waals surface area contributed by atoms with E-state index in [1.165, 1.54) is 0 Å². The standard InChI is InChI=1S/C11H20O5Si2/c1-4-10-17(2,3)15-16-18(12,13)14-11-8-6-5-7-9-11/h5-9,12-13H,4,10H2,1-3H3. The summed E-state index contributed by atoms with van der Waals surface area (Å²) in [7, 11) is -6.29. The first-order chi connectivity index (χ1) is 8.35. The van der Waals surface area contributed by atoms with Crippen LogP contribution in [0, 0.1) is 0 Å². The molecule has 18 heavy (non-hydrogen) atoms. The van der Waals surface area contributed by atoms with Crippen LogP contribution < -0.4 is 4.43 Å². The average Bonchev–Trinajstić information content (AvgIpc) is 2.28. The Hall–Kier alpha value is -0.706. The molecule has 102 valence electrons. The fourth-order valence-corrected chi connectivity index (χ4v) is 4.57. The first-order valence-corrected chi connectivity index (χ1v) is 10.7. The SMILES string of the molecule is CCC[Si](C)(C)OO[Si](O)(O)Oc1ccccc1. The van der Waals surface area contributed by atoms with E-state index < -0.39 is 17.4 Å². The van der Waals surface area contributed by atoms with Crippen LogP contribution in [0.5, 0.6) is 5.75 Å². The van der Waals surface area contributed by atoms with Crippen molar-refractivity contribution in [3.8, 4) is 5.75 Å². The zero-order valence-electron chi connectivity index (χ0n) is 10.9. The summed E-state index contributed by atoms with van der Waals surface area (Å²) in [4.78, 5) is 19.3. The first-order valence-electron chi connectivity index (χ1n) is 5.90. The average molecular weight is 288 g/mol. The molecule has 2 N–H and O–H groups in total. The minimum absolute atomic E-state index is 0.340. The Labute approximate surface area is 109 Å². The summed E-state index contributed by atoms with van der Waals surface area (Å²) >= 11 is 0. The van der Waals surface area contributed by atoms with E-state index in [9.17, 15) is 9.59 Å². The predicted molar refractivity (Wildman–Crippen MR) is 72.0 cm³/mol. The summed E-state index contributed by atoms with van der Waals surface area (Å²) in [5, 5.41) is 0. The van der Waals surface area contributed by atoms with Crippen molar-refractivity contribution >= 4 is 17.4 Å². The fraction of sp³-hybridized carbons (Fsp3) is 0.455. The molecule has 1 aromatic rings. The number of hydrogen-bond acceptors (Lipinski definition) is 5. The van der Waals surface area contributed by atoms with Crippen LogP contribution in [0.4, 0.5) is 0 Å². The van der Waals surface area contributed by atoms with Crippen LogP contribution in [0.25, 0.3) is 0 Å². The van der Waals surface area contributed by atoms with E-state index >= 15 is 0 Å². The molecule has 0 aromatic heterocycles. The topological polar surface area (TPSA) is 68.2 Å². The van der Waals surface area contributed by atoms with E-state index in [-0.39, 0.29) is 0 Å². The summed E-state index contributed by atoms with van der Waals surface area (Å²) < 4.78 is 14.9. The van der Waals surface area contributed by atoms with Gasteiger partial charge in [0.2, 0.25) is 8.32 Å². The van der Waals surface area contributed by atoms with Gasteiger partial charge in [0.15, 0.2) is 0 Å². The van der Waals surface area contributed by atoms with E-state index in [1.807, 2.05) is 20.0 Å². The minimum atomic E-state index is -4.27. The smallest absolute Gasteiger partial charge is 0.479 e. The summed E-state index contributed by atoms with van der Waals surface area (Å²) in [6.45, 7) is 5.94. The molecular weight excluding hydrogens is 268 g/mol. The zero-order chi connectivity index (χ0) is 13.6. The van der Waals surface area contributed by atoms with Gasteiger partial charge in [-0.3, -0.25) is 4.58 Å². The van der Waals surface area contributed by atoms with Crippen molar-refractivity contribution in [2.75, 3.05) is 0 Å². The lowest BCUT2D eigenvalue weighted by atomic mass is 10.3. The molecule has 0 saturated carbocycles. The predicted octanol–water partition coefficient (Wildman–Crippen LogP) is 2.05. The molecule has 0 aliphatic rings. The van der Waals surface area contributed by atoms with Gasteiger partial charge >= 0.3 is 9.05 Å². The molecule has 0 saturated heterocycles. The highest BCUT2D eigenvalue weighted by Crippen LogP contribution is 2.17. The molecule has 5 nitrogen and oxygen atoms in total. The van der Waals surface area contributed by atoms with Gasteiger partial charge in [-0.25, -0.2) is 0 Å². The Morgan fingerprint density at radius 2 is 1.67 bits per heavy atom. The summed E-state index contributed by atoms with van der Waals surface area (Å²) in [5.74, 6) is 0.340. The Balaban J connectivity index is 2.50. The third kappa shape index (κ3) is 5.76. The van der Waals surface area contributed by atoms with Crippen molar-refractivity contribution in [2.24, 2.45) is 0 Å². The molecule has 0 fully saturated rings. The van der Waals surface area contributed by atoms with Crippen molar-refractivity contribution in [3.05, 3.63) is 30.3 Å². The number of rotatable bonds is 7. The third-order valence-electron chi connectivity index (χ3n) is 2.22. The number of benzene rings is 1. The molecule has 0 radical (unpaired) electrons. The molecule has 7 heteroatoms. The van der Waals surface area contributed by atoms with Gasteiger partial charge in [-0.15, -0.1) is 0 Å². The highest BCUT2D eigenvalue weighted by atomic mass is 28.4. The molecule has 0 aliphatic carbocycles. The summed E-state index contributed by atoms with van der Waals surface area (Å²) in [5.41, 5.74) is 0. The van der Waals surface area contributed by atoms with Gasteiger partial charge in [0.1, 0.15) is 5.75 Å². The molecule has 0 aliphatic heterocycles. The monoisotopic (exact) mass is 288 g/mol. The van der Waals surface area contributed by atoms with Crippen molar-refractivity contribution in [3.63, 3.8) is 0 Å². The Morgan fingerprint density at radius 3 is 2.22 bits per heavy atom. The van der Waals surface area contributed by atoms with Gasteiger partial charge in [0.25, 0.3) is 0 Å². The molecule has 1 rings (SSSR count). The van der Waals surface area contributed by atoms with Crippen LogP contribution in [0.15, 0.2) is 30.3 Å². The summed E-state index contributed by atoms with van der Waals surface area (Å²) in [6.07, 6.45) is 0.966. The Kier molecular flexibility index (Phi) is 5.51. The number of hydrogen-bond donors (Lipinski definition) is 2. The Morgan fingerprint density at radius 1 is 1.06 bits per heavy atom. The lowest BCUT2D eigenvalue weighted by molar-refractivity contribution is -0.184. The quantitative estimate of drug-likeness (QED) is 0.456. The molecule has 0 unspecified atom stereocenters. The second kappa shape index (κ2) is 6.46. The molecule has 0 amide bonds. The van der Waals surface area contributed by atoms with E-state index in [0.717, 1.165) is 12.5 Å². The third-order valence-corrected chi connectivity index (χ3v) is 5.43. The maximum Gasteiger partial charge on any atom is 0.771 e. The lowest BCUT2D eigenvalue weighted by Gasteiger charge is -2.24. The molecule has 0 spiro atoms. The van der Waals surface area contributed by atoms with E-state index in [2.05, 4.69) is 0 Å². The summed E-state index contributed by atoms with van der Waals surface area (Å²) in [6, 6.07) is 9.38. The van der Waals surface area contributed by atoms with Crippen LogP contribution in [0.1, 0.15) is 13.3 Å². The minimum Gasteiger partial charge on any atom is -0.479 e. The van der Waals surface area contributed by atoms with Gasteiger partial charge in [-0.05, 0) is 31.3 Å². The maximum atomic E-state index is 9.65. The molecule has 0 heterocycles. The molecule has 1 aromatic carbocycles. The van der Waals surface area contributed by atoms with Crippen molar-refractivity contribution in [2.45, 2.75) is 32.5 Å². The Bertz CT molecular complexity index is 356.